The van der Waals surface area contributed by atoms with Gasteiger partial charge in [0.25, 0.3) is 5.91 Å². The lowest BCUT2D eigenvalue weighted by molar-refractivity contribution is 0.102. The summed E-state index contributed by atoms with van der Waals surface area (Å²) in [6.07, 6.45) is 0. The highest BCUT2D eigenvalue weighted by molar-refractivity contribution is 7.13. The first-order valence-electron chi connectivity index (χ1n) is 6.69. The van der Waals surface area contributed by atoms with E-state index in [-0.39, 0.29) is 5.91 Å². The fraction of sp³-hybridized carbons (Fsp3) is 0. The summed E-state index contributed by atoms with van der Waals surface area (Å²) in [5.74, 6) is -0.315. The van der Waals surface area contributed by atoms with Crippen molar-refractivity contribution in [2.24, 2.45) is 0 Å². The Hall–Kier alpha value is -2.68. The molecular formula is C17H10ClN3OS. The van der Waals surface area contributed by atoms with Gasteiger partial charge < -0.3 is 5.32 Å². The lowest BCUT2D eigenvalue weighted by Crippen LogP contribution is -2.12. The van der Waals surface area contributed by atoms with Crippen molar-refractivity contribution in [3.8, 4) is 16.6 Å². The van der Waals surface area contributed by atoms with Crippen LogP contribution in [0.15, 0.2) is 53.9 Å². The maximum absolute atomic E-state index is 12.2. The van der Waals surface area contributed by atoms with Gasteiger partial charge in [0.05, 0.1) is 11.6 Å². The molecule has 1 aromatic heterocycles. The third-order valence-corrected chi connectivity index (χ3v) is 4.18. The summed E-state index contributed by atoms with van der Waals surface area (Å²) in [4.78, 5) is 16.6. The SMILES string of the molecule is N#Cc1cccc(NC(=O)c2csc(-c3cccc(Cl)c3)n2)c1. The average Bonchev–Trinajstić information content (AvgIpc) is 3.05. The first kappa shape index (κ1) is 15.2. The minimum Gasteiger partial charge on any atom is -0.321 e. The summed E-state index contributed by atoms with van der Waals surface area (Å²) in [6, 6.07) is 16.1. The summed E-state index contributed by atoms with van der Waals surface area (Å²) in [7, 11) is 0. The molecule has 112 valence electrons. The van der Waals surface area contributed by atoms with E-state index in [2.05, 4.69) is 10.3 Å². The molecule has 4 nitrogen and oxygen atoms in total. The van der Waals surface area contributed by atoms with Crippen molar-refractivity contribution in [2.45, 2.75) is 0 Å². The van der Waals surface area contributed by atoms with Gasteiger partial charge in [0.15, 0.2) is 0 Å². The van der Waals surface area contributed by atoms with E-state index in [0.717, 1.165) is 10.6 Å². The molecule has 23 heavy (non-hydrogen) atoms. The van der Waals surface area contributed by atoms with Crippen molar-refractivity contribution in [3.63, 3.8) is 0 Å². The average molecular weight is 340 g/mol. The molecule has 0 atom stereocenters. The van der Waals surface area contributed by atoms with Gasteiger partial charge in [-0.05, 0) is 30.3 Å². The van der Waals surface area contributed by atoms with Gasteiger partial charge in [-0.3, -0.25) is 4.79 Å². The second-order valence-corrected chi connectivity index (χ2v) is 5.99. The smallest absolute Gasteiger partial charge is 0.275 e. The number of benzene rings is 2. The predicted octanol–water partition coefficient (Wildman–Crippen LogP) is 4.59. The number of amides is 1. The van der Waals surface area contributed by atoms with Crippen LogP contribution in [0.3, 0.4) is 0 Å². The lowest BCUT2D eigenvalue weighted by Gasteiger charge is -2.03. The molecule has 0 saturated heterocycles. The van der Waals surface area contributed by atoms with Crippen LogP contribution < -0.4 is 5.32 Å². The van der Waals surface area contributed by atoms with E-state index >= 15 is 0 Å². The van der Waals surface area contributed by atoms with Crippen LogP contribution in [0.1, 0.15) is 16.1 Å². The molecule has 6 heteroatoms. The molecule has 0 unspecified atom stereocenters. The van der Waals surface area contributed by atoms with Gasteiger partial charge in [-0.15, -0.1) is 11.3 Å². The number of carbonyl (C=O) groups excluding carboxylic acids is 1. The fourth-order valence-electron chi connectivity index (χ4n) is 1.99. The minimum absolute atomic E-state index is 0.315. The zero-order valence-electron chi connectivity index (χ0n) is 11.8. The van der Waals surface area contributed by atoms with Gasteiger partial charge in [-0.2, -0.15) is 5.26 Å². The van der Waals surface area contributed by atoms with E-state index in [9.17, 15) is 4.79 Å². The molecule has 0 fully saturated rings. The van der Waals surface area contributed by atoms with E-state index in [1.165, 1.54) is 11.3 Å². The zero-order valence-corrected chi connectivity index (χ0v) is 13.4. The molecule has 1 heterocycles. The molecular weight excluding hydrogens is 330 g/mol. The number of aromatic nitrogens is 1. The third kappa shape index (κ3) is 3.57. The second-order valence-electron chi connectivity index (χ2n) is 4.69. The van der Waals surface area contributed by atoms with E-state index in [1.54, 1.807) is 41.8 Å². The standard InChI is InChI=1S/C17H10ClN3OS/c18-13-5-2-4-12(8-13)17-21-15(10-23-17)16(22)20-14-6-1-3-11(7-14)9-19/h1-8,10H,(H,20,22). The number of anilines is 1. The number of hydrogen-bond acceptors (Lipinski definition) is 4. The van der Waals surface area contributed by atoms with Crippen LogP contribution >= 0.6 is 22.9 Å². The van der Waals surface area contributed by atoms with Crippen LogP contribution in [0.5, 0.6) is 0 Å². The summed E-state index contributed by atoms with van der Waals surface area (Å²) in [5, 5.41) is 14.7. The lowest BCUT2D eigenvalue weighted by atomic mass is 10.2. The number of halogens is 1. The van der Waals surface area contributed by atoms with Crippen LogP contribution in [0.2, 0.25) is 5.02 Å². The number of nitrogens with zero attached hydrogens (tertiary/aromatic N) is 2. The van der Waals surface area contributed by atoms with Gasteiger partial charge in [0, 0.05) is 21.7 Å². The third-order valence-electron chi connectivity index (χ3n) is 3.06. The van der Waals surface area contributed by atoms with E-state index < -0.39 is 0 Å². The molecule has 3 aromatic rings. The van der Waals surface area contributed by atoms with Crippen LogP contribution in [0.25, 0.3) is 10.6 Å². The largest absolute Gasteiger partial charge is 0.321 e. The van der Waals surface area contributed by atoms with Crippen molar-refractivity contribution in [3.05, 3.63) is 70.2 Å². The number of thiazole rings is 1. The molecule has 3 rings (SSSR count). The number of carbonyl (C=O) groups is 1. The molecule has 0 radical (unpaired) electrons. The Kier molecular flexibility index (Phi) is 4.38. The Morgan fingerprint density at radius 3 is 2.83 bits per heavy atom. The molecule has 0 aliphatic rings. The van der Waals surface area contributed by atoms with Crippen molar-refractivity contribution in [1.29, 1.82) is 5.26 Å². The Labute approximate surface area is 142 Å². The molecule has 0 saturated carbocycles. The Bertz CT molecular complexity index is 914. The fourth-order valence-corrected chi connectivity index (χ4v) is 2.98. The molecule has 1 amide bonds. The molecule has 0 aliphatic carbocycles. The highest BCUT2D eigenvalue weighted by Gasteiger charge is 2.12. The number of hydrogen-bond donors (Lipinski definition) is 1. The van der Waals surface area contributed by atoms with Gasteiger partial charge in [-0.1, -0.05) is 29.8 Å². The van der Waals surface area contributed by atoms with Crippen LogP contribution in [-0.2, 0) is 0 Å². The highest BCUT2D eigenvalue weighted by Crippen LogP contribution is 2.26. The number of nitrogens with one attached hydrogen (secondary N) is 1. The van der Waals surface area contributed by atoms with Crippen molar-refractivity contribution >= 4 is 34.5 Å². The summed E-state index contributed by atoms with van der Waals surface area (Å²) >= 11 is 7.35. The summed E-state index contributed by atoms with van der Waals surface area (Å²) in [5.41, 5.74) is 2.24. The van der Waals surface area contributed by atoms with Crippen LogP contribution in [0, 0.1) is 11.3 Å². The van der Waals surface area contributed by atoms with Gasteiger partial charge in [0.2, 0.25) is 0 Å². The van der Waals surface area contributed by atoms with Gasteiger partial charge in [0.1, 0.15) is 10.7 Å². The Morgan fingerprint density at radius 2 is 2.04 bits per heavy atom. The van der Waals surface area contributed by atoms with Gasteiger partial charge >= 0.3 is 0 Å². The number of rotatable bonds is 3. The van der Waals surface area contributed by atoms with Crippen molar-refractivity contribution in [1.82, 2.24) is 4.98 Å². The highest BCUT2D eigenvalue weighted by atomic mass is 35.5. The Morgan fingerprint density at radius 1 is 1.22 bits per heavy atom. The predicted molar refractivity (Wildman–Crippen MR) is 91.7 cm³/mol. The summed E-state index contributed by atoms with van der Waals surface area (Å²) < 4.78 is 0. The van der Waals surface area contributed by atoms with Crippen LogP contribution in [0.4, 0.5) is 5.69 Å². The first-order valence-corrected chi connectivity index (χ1v) is 7.94. The number of nitriles is 1. The van der Waals surface area contributed by atoms with Crippen molar-refractivity contribution < 1.29 is 4.79 Å². The Balaban J connectivity index is 1.80. The first-order chi connectivity index (χ1) is 11.2. The monoisotopic (exact) mass is 339 g/mol. The summed E-state index contributed by atoms with van der Waals surface area (Å²) in [6.45, 7) is 0. The molecule has 0 spiro atoms. The maximum Gasteiger partial charge on any atom is 0.275 e. The quantitative estimate of drug-likeness (QED) is 0.759. The zero-order chi connectivity index (χ0) is 16.2. The molecule has 1 N–H and O–H groups in total. The van der Waals surface area contributed by atoms with Crippen molar-refractivity contribution in [2.75, 3.05) is 5.32 Å². The van der Waals surface area contributed by atoms with E-state index in [1.807, 2.05) is 18.2 Å². The topological polar surface area (TPSA) is 65.8 Å². The van der Waals surface area contributed by atoms with E-state index in [4.69, 9.17) is 16.9 Å². The molecule has 2 aromatic carbocycles. The van der Waals surface area contributed by atoms with Gasteiger partial charge in [-0.25, -0.2) is 4.98 Å². The minimum atomic E-state index is -0.315. The molecule has 0 aliphatic heterocycles. The van der Waals surface area contributed by atoms with E-state index in [0.29, 0.717) is 22.0 Å². The maximum atomic E-state index is 12.2. The van der Waals surface area contributed by atoms with Crippen LogP contribution in [-0.4, -0.2) is 10.9 Å². The molecule has 0 bridgehead atoms. The normalized spacial score (nSPS) is 10.1. The second kappa shape index (κ2) is 6.61.